The Bertz CT molecular complexity index is 653. The predicted molar refractivity (Wildman–Crippen MR) is 84.6 cm³/mol. The lowest BCUT2D eigenvalue weighted by molar-refractivity contribution is 0.0935. The smallest absolute Gasteiger partial charge is 0.251 e. The maximum Gasteiger partial charge on any atom is 0.251 e. The first-order chi connectivity index (χ1) is 10.5. The maximum absolute atomic E-state index is 13.6. The number of rotatable bonds is 5. The van der Waals surface area contributed by atoms with Crippen LogP contribution in [0.25, 0.3) is 0 Å². The van der Waals surface area contributed by atoms with Crippen LogP contribution in [0.2, 0.25) is 0 Å². The van der Waals surface area contributed by atoms with Gasteiger partial charge in [-0.3, -0.25) is 4.79 Å². The summed E-state index contributed by atoms with van der Waals surface area (Å²) in [5.74, 6) is 0.122. The largest absolute Gasteiger partial charge is 0.497 e. The molecule has 0 spiro atoms. The first kappa shape index (κ1) is 16.0. The SMILES string of the molecule is CCC(NC(=O)c1ccc(C)c(F)c1)c1ccc(OC)cc1. The highest BCUT2D eigenvalue weighted by molar-refractivity contribution is 5.94. The molecule has 0 saturated heterocycles. The molecule has 0 aliphatic rings. The van der Waals surface area contributed by atoms with E-state index in [2.05, 4.69) is 5.32 Å². The first-order valence-corrected chi connectivity index (χ1v) is 7.26. The van der Waals surface area contributed by atoms with Gasteiger partial charge in [-0.2, -0.15) is 0 Å². The monoisotopic (exact) mass is 301 g/mol. The highest BCUT2D eigenvalue weighted by Crippen LogP contribution is 2.21. The fourth-order valence-electron chi connectivity index (χ4n) is 2.23. The number of aryl methyl sites for hydroxylation is 1. The van der Waals surface area contributed by atoms with E-state index in [4.69, 9.17) is 4.74 Å². The van der Waals surface area contributed by atoms with Crippen molar-refractivity contribution in [3.8, 4) is 5.75 Å². The molecular weight excluding hydrogens is 281 g/mol. The average Bonchev–Trinajstić information content (AvgIpc) is 2.55. The molecule has 0 aromatic heterocycles. The molecule has 1 atom stereocenters. The van der Waals surface area contributed by atoms with Crippen molar-refractivity contribution in [1.29, 1.82) is 0 Å². The van der Waals surface area contributed by atoms with Crippen LogP contribution in [-0.2, 0) is 0 Å². The van der Waals surface area contributed by atoms with Crippen LogP contribution in [0.1, 0.15) is 40.9 Å². The Morgan fingerprint density at radius 3 is 2.45 bits per heavy atom. The normalized spacial score (nSPS) is 11.8. The molecule has 1 amide bonds. The summed E-state index contributed by atoms with van der Waals surface area (Å²) in [5, 5.41) is 2.94. The van der Waals surface area contributed by atoms with Gasteiger partial charge in [0.15, 0.2) is 0 Å². The molecule has 0 heterocycles. The minimum atomic E-state index is -0.370. The standard InChI is InChI=1S/C18H20FNO2/c1-4-17(13-7-9-15(22-3)10-8-13)20-18(21)14-6-5-12(2)16(19)11-14/h5-11,17H,4H2,1-3H3,(H,20,21). The second-order valence-corrected chi connectivity index (χ2v) is 5.17. The van der Waals surface area contributed by atoms with Gasteiger partial charge in [0.05, 0.1) is 13.2 Å². The van der Waals surface area contributed by atoms with Crippen molar-refractivity contribution in [2.45, 2.75) is 26.3 Å². The van der Waals surface area contributed by atoms with Gasteiger partial charge in [-0.15, -0.1) is 0 Å². The molecule has 4 heteroatoms. The molecule has 0 bridgehead atoms. The van der Waals surface area contributed by atoms with Crippen LogP contribution in [0, 0.1) is 12.7 Å². The molecule has 2 aromatic carbocycles. The van der Waals surface area contributed by atoms with Crippen molar-refractivity contribution < 1.29 is 13.9 Å². The number of halogens is 1. The van der Waals surface area contributed by atoms with Crippen molar-refractivity contribution in [1.82, 2.24) is 5.32 Å². The predicted octanol–water partition coefficient (Wildman–Crippen LogP) is 4.02. The Balaban J connectivity index is 2.14. The van der Waals surface area contributed by atoms with E-state index < -0.39 is 0 Å². The van der Waals surface area contributed by atoms with E-state index in [0.29, 0.717) is 11.1 Å². The third-order valence-electron chi connectivity index (χ3n) is 3.67. The zero-order valence-electron chi connectivity index (χ0n) is 13.0. The van der Waals surface area contributed by atoms with E-state index >= 15 is 0 Å². The number of amides is 1. The van der Waals surface area contributed by atoms with Crippen molar-refractivity contribution in [3.63, 3.8) is 0 Å². The van der Waals surface area contributed by atoms with Crippen LogP contribution in [0.5, 0.6) is 5.75 Å². The van der Waals surface area contributed by atoms with Crippen LogP contribution in [-0.4, -0.2) is 13.0 Å². The van der Waals surface area contributed by atoms with Gasteiger partial charge in [0.25, 0.3) is 5.91 Å². The molecule has 2 rings (SSSR count). The molecule has 0 fully saturated rings. The highest BCUT2D eigenvalue weighted by atomic mass is 19.1. The quantitative estimate of drug-likeness (QED) is 0.905. The van der Waals surface area contributed by atoms with E-state index in [1.807, 2.05) is 31.2 Å². The van der Waals surface area contributed by atoms with Gasteiger partial charge in [0.2, 0.25) is 0 Å². The fourth-order valence-corrected chi connectivity index (χ4v) is 2.23. The molecule has 116 valence electrons. The van der Waals surface area contributed by atoms with Crippen LogP contribution >= 0.6 is 0 Å². The number of hydrogen-bond donors (Lipinski definition) is 1. The summed E-state index contributed by atoms with van der Waals surface area (Å²) in [7, 11) is 1.61. The van der Waals surface area contributed by atoms with Crippen molar-refractivity contribution in [3.05, 3.63) is 65.0 Å². The summed E-state index contributed by atoms with van der Waals surface area (Å²) >= 11 is 0. The minimum absolute atomic E-state index is 0.122. The summed E-state index contributed by atoms with van der Waals surface area (Å²) in [4.78, 5) is 12.3. The van der Waals surface area contributed by atoms with Gasteiger partial charge >= 0.3 is 0 Å². The molecule has 0 aliphatic carbocycles. The van der Waals surface area contributed by atoms with Crippen molar-refractivity contribution in [2.75, 3.05) is 7.11 Å². The molecule has 2 aromatic rings. The summed E-state index contributed by atoms with van der Waals surface area (Å²) in [6, 6.07) is 11.9. The fraction of sp³-hybridized carbons (Fsp3) is 0.278. The second kappa shape index (κ2) is 7.07. The van der Waals surface area contributed by atoms with Gasteiger partial charge in [-0.1, -0.05) is 25.1 Å². The van der Waals surface area contributed by atoms with Gasteiger partial charge in [0.1, 0.15) is 11.6 Å². The molecule has 1 N–H and O–H groups in total. The lowest BCUT2D eigenvalue weighted by Crippen LogP contribution is -2.28. The number of nitrogens with one attached hydrogen (secondary N) is 1. The third-order valence-corrected chi connectivity index (χ3v) is 3.67. The minimum Gasteiger partial charge on any atom is -0.497 e. The first-order valence-electron chi connectivity index (χ1n) is 7.26. The molecule has 1 unspecified atom stereocenters. The Hall–Kier alpha value is -2.36. The van der Waals surface area contributed by atoms with Gasteiger partial charge < -0.3 is 10.1 Å². The van der Waals surface area contributed by atoms with Crippen LogP contribution in [0.3, 0.4) is 0 Å². The number of hydrogen-bond acceptors (Lipinski definition) is 2. The Labute approximate surface area is 130 Å². The van der Waals surface area contributed by atoms with Crippen molar-refractivity contribution >= 4 is 5.91 Å². The second-order valence-electron chi connectivity index (χ2n) is 5.17. The van der Waals surface area contributed by atoms with Crippen LogP contribution in [0.15, 0.2) is 42.5 Å². The molecular formula is C18H20FNO2. The lowest BCUT2D eigenvalue weighted by atomic mass is 10.0. The van der Waals surface area contributed by atoms with Gasteiger partial charge in [-0.05, 0) is 48.7 Å². The summed E-state index contributed by atoms with van der Waals surface area (Å²) in [6.07, 6.45) is 0.742. The number of ether oxygens (including phenoxy) is 1. The van der Waals surface area contributed by atoms with E-state index in [1.165, 1.54) is 6.07 Å². The highest BCUT2D eigenvalue weighted by Gasteiger charge is 2.15. The zero-order chi connectivity index (χ0) is 16.1. The van der Waals surface area contributed by atoms with E-state index in [1.54, 1.807) is 26.2 Å². The Kier molecular flexibility index (Phi) is 5.15. The lowest BCUT2D eigenvalue weighted by Gasteiger charge is -2.18. The topological polar surface area (TPSA) is 38.3 Å². The van der Waals surface area contributed by atoms with Gasteiger partial charge in [-0.25, -0.2) is 4.39 Å². The third kappa shape index (κ3) is 3.64. The zero-order valence-corrected chi connectivity index (χ0v) is 13.0. The molecule has 22 heavy (non-hydrogen) atoms. The molecule has 3 nitrogen and oxygen atoms in total. The average molecular weight is 301 g/mol. The van der Waals surface area contributed by atoms with Crippen LogP contribution in [0.4, 0.5) is 4.39 Å². The molecule has 0 radical (unpaired) electrons. The van der Waals surface area contributed by atoms with Crippen molar-refractivity contribution in [2.24, 2.45) is 0 Å². The Morgan fingerprint density at radius 2 is 1.91 bits per heavy atom. The van der Waals surface area contributed by atoms with E-state index in [0.717, 1.165) is 17.7 Å². The molecule has 0 aliphatic heterocycles. The van der Waals surface area contributed by atoms with Crippen LogP contribution < -0.4 is 10.1 Å². The number of methoxy groups -OCH3 is 1. The summed E-state index contributed by atoms with van der Waals surface area (Å²) in [6.45, 7) is 3.66. The Morgan fingerprint density at radius 1 is 1.23 bits per heavy atom. The maximum atomic E-state index is 13.6. The van der Waals surface area contributed by atoms with E-state index in [-0.39, 0.29) is 17.8 Å². The van der Waals surface area contributed by atoms with E-state index in [9.17, 15) is 9.18 Å². The summed E-state index contributed by atoms with van der Waals surface area (Å²) in [5.41, 5.74) is 1.85. The number of carbonyl (C=O) groups excluding carboxylic acids is 1. The summed E-state index contributed by atoms with van der Waals surface area (Å²) < 4.78 is 18.7. The van der Waals surface area contributed by atoms with Gasteiger partial charge in [0, 0.05) is 5.56 Å². The number of benzene rings is 2. The number of carbonyl (C=O) groups is 1. The molecule has 0 saturated carbocycles.